The normalized spacial score (nSPS) is 12.8. The van der Waals surface area contributed by atoms with Crippen LogP contribution in [0.3, 0.4) is 0 Å². The summed E-state index contributed by atoms with van der Waals surface area (Å²) in [5, 5.41) is 0. The van der Waals surface area contributed by atoms with Crippen molar-refractivity contribution in [3.8, 4) is 0 Å². The highest BCUT2D eigenvalue weighted by Gasteiger charge is 2.19. The zero-order chi connectivity index (χ0) is 41.5. The van der Waals surface area contributed by atoms with E-state index in [1.807, 2.05) is 0 Å². The molecule has 0 heterocycles. The van der Waals surface area contributed by atoms with Crippen molar-refractivity contribution in [1.29, 1.82) is 0 Å². The second kappa shape index (κ2) is 45.3. The minimum Gasteiger partial charge on any atom is -0.462 e. The van der Waals surface area contributed by atoms with Crippen molar-refractivity contribution >= 4 is 17.9 Å². The molecule has 0 aliphatic heterocycles. The lowest BCUT2D eigenvalue weighted by atomic mass is 10.1. The summed E-state index contributed by atoms with van der Waals surface area (Å²) in [4.78, 5) is 37.6. The molecular weight excluding hydrogens is 709 g/mol. The summed E-state index contributed by atoms with van der Waals surface area (Å²) in [5.74, 6) is -0.959. The van der Waals surface area contributed by atoms with Crippen LogP contribution in [0, 0.1) is 0 Å². The molecular formula is C51H84O6. The zero-order valence-corrected chi connectivity index (χ0v) is 36.8. The fourth-order valence-corrected chi connectivity index (χ4v) is 5.89. The minimum absolute atomic E-state index is 0.0943. The standard InChI is InChI=1S/C51H84O6/c1-4-7-10-13-16-18-20-22-24-25-26-27-28-30-31-33-35-38-41-44-50(53)56-47-48(46-55-49(52)43-40-37-15-12-9-6-3)57-51(54)45-42-39-36-34-32-29-23-21-19-17-14-11-8-5-2/h7,10,14,16-18,21-24,26-27,30-31,48H,4-6,8-9,11-13,15,19-20,25,28-29,32-47H2,1-3H3/b10-7-,17-14-,18-16-,23-21-,24-22-,27-26-,31-30-. The first-order chi connectivity index (χ1) is 28.0. The summed E-state index contributed by atoms with van der Waals surface area (Å²) in [6.07, 6.45) is 57.2. The molecule has 0 amide bonds. The predicted octanol–water partition coefficient (Wildman–Crippen LogP) is 14.9. The van der Waals surface area contributed by atoms with Gasteiger partial charge in [-0.1, -0.05) is 176 Å². The Morgan fingerprint density at radius 1 is 0.368 bits per heavy atom. The fraction of sp³-hybridized carbons (Fsp3) is 0.667. The van der Waals surface area contributed by atoms with Gasteiger partial charge in [0, 0.05) is 19.3 Å². The SMILES string of the molecule is CC/C=C\C/C=C\C/C=C\C/C=C\C/C=C\CCCCCC(=O)OCC(COC(=O)CCCCCCCC)OC(=O)CCCCCCC/C=C\C/C=C\CCCC. The molecule has 0 spiro atoms. The quantitative estimate of drug-likeness (QED) is 0.0266. The Balaban J connectivity index is 4.36. The summed E-state index contributed by atoms with van der Waals surface area (Å²) in [7, 11) is 0. The molecule has 6 nitrogen and oxygen atoms in total. The van der Waals surface area contributed by atoms with Crippen molar-refractivity contribution in [2.75, 3.05) is 13.2 Å². The van der Waals surface area contributed by atoms with E-state index < -0.39 is 6.10 Å². The molecule has 0 aromatic rings. The Kier molecular flexibility index (Phi) is 42.6. The van der Waals surface area contributed by atoms with Crippen LogP contribution in [0.2, 0.25) is 0 Å². The van der Waals surface area contributed by atoms with Gasteiger partial charge in [0.25, 0.3) is 0 Å². The van der Waals surface area contributed by atoms with Crippen LogP contribution < -0.4 is 0 Å². The number of allylic oxidation sites excluding steroid dienone is 14. The summed E-state index contributed by atoms with van der Waals surface area (Å²) in [5.41, 5.74) is 0. The van der Waals surface area contributed by atoms with E-state index in [-0.39, 0.29) is 31.1 Å². The molecule has 6 heteroatoms. The van der Waals surface area contributed by atoms with Gasteiger partial charge in [-0.15, -0.1) is 0 Å². The van der Waals surface area contributed by atoms with E-state index in [1.165, 1.54) is 38.5 Å². The molecule has 57 heavy (non-hydrogen) atoms. The number of rotatable bonds is 40. The van der Waals surface area contributed by atoms with Crippen LogP contribution >= 0.6 is 0 Å². The Morgan fingerprint density at radius 3 is 1.14 bits per heavy atom. The van der Waals surface area contributed by atoms with E-state index in [2.05, 4.69) is 106 Å². The smallest absolute Gasteiger partial charge is 0.306 e. The molecule has 324 valence electrons. The van der Waals surface area contributed by atoms with Crippen molar-refractivity contribution in [1.82, 2.24) is 0 Å². The maximum absolute atomic E-state index is 12.7. The molecule has 0 saturated carbocycles. The lowest BCUT2D eigenvalue weighted by Gasteiger charge is -2.18. The van der Waals surface area contributed by atoms with Gasteiger partial charge >= 0.3 is 17.9 Å². The van der Waals surface area contributed by atoms with Gasteiger partial charge in [-0.3, -0.25) is 14.4 Å². The summed E-state index contributed by atoms with van der Waals surface area (Å²) in [6.45, 7) is 6.36. The molecule has 0 aromatic heterocycles. The molecule has 0 aliphatic carbocycles. The third kappa shape index (κ3) is 43.6. The average molecular weight is 793 g/mol. The molecule has 0 rings (SSSR count). The highest BCUT2D eigenvalue weighted by Crippen LogP contribution is 2.12. The van der Waals surface area contributed by atoms with Gasteiger partial charge in [0.2, 0.25) is 0 Å². The summed E-state index contributed by atoms with van der Waals surface area (Å²) in [6, 6.07) is 0. The first-order valence-corrected chi connectivity index (χ1v) is 23.1. The fourth-order valence-electron chi connectivity index (χ4n) is 5.89. The van der Waals surface area contributed by atoms with Gasteiger partial charge in [-0.2, -0.15) is 0 Å². The van der Waals surface area contributed by atoms with Crippen LogP contribution in [-0.4, -0.2) is 37.2 Å². The number of carbonyl (C=O) groups excluding carboxylic acids is 3. The topological polar surface area (TPSA) is 78.9 Å². The van der Waals surface area contributed by atoms with E-state index in [0.29, 0.717) is 19.3 Å². The van der Waals surface area contributed by atoms with Crippen molar-refractivity contribution in [2.45, 2.75) is 207 Å². The first kappa shape index (κ1) is 53.6. The molecule has 1 unspecified atom stereocenters. The lowest BCUT2D eigenvalue weighted by molar-refractivity contribution is -0.167. The third-order valence-electron chi connectivity index (χ3n) is 9.38. The van der Waals surface area contributed by atoms with Crippen molar-refractivity contribution in [3.05, 3.63) is 85.1 Å². The number of hydrogen-bond donors (Lipinski definition) is 0. The Labute approximate surface area is 350 Å². The van der Waals surface area contributed by atoms with E-state index in [9.17, 15) is 14.4 Å². The second-order valence-corrected chi connectivity index (χ2v) is 14.9. The molecule has 0 aromatic carbocycles. The Bertz CT molecular complexity index is 1140. The third-order valence-corrected chi connectivity index (χ3v) is 9.38. The van der Waals surface area contributed by atoms with Crippen LogP contribution in [0.15, 0.2) is 85.1 Å². The van der Waals surface area contributed by atoms with Gasteiger partial charge in [0.15, 0.2) is 6.10 Å². The van der Waals surface area contributed by atoms with Gasteiger partial charge in [-0.05, 0) is 89.9 Å². The second-order valence-electron chi connectivity index (χ2n) is 14.9. The van der Waals surface area contributed by atoms with Crippen molar-refractivity contribution < 1.29 is 28.6 Å². The molecule has 0 fully saturated rings. The van der Waals surface area contributed by atoms with Crippen LogP contribution in [-0.2, 0) is 28.6 Å². The van der Waals surface area contributed by atoms with E-state index >= 15 is 0 Å². The van der Waals surface area contributed by atoms with Crippen LogP contribution in [0.4, 0.5) is 0 Å². The van der Waals surface area contributed by atoms with Crippen LogP contribution in [0.1, 0.15) is 201 Å². The minimum atomic E-state index is -0.793. The maximum atomic E-state index is 12.7. The van der Waals surface area contributed by atoms with E-state index in [0.717, 1.165) is 122 Å². The zero-order valence-electron chi connectivity index (χ0n) is 36.8. The van der Waals surface area contributed by atoms with E-state index in [1.54, 1.807) is 0 Å². The molecule has 0 radical (unpaired) electrons. The number of unbranched alkanes of at least 4 members (excludes halogenated alkanes) is 15. The summed E-state index contributed by atoms with van der Waals surface area (Å²) >= 11 is 0. The lowest BCUT2D eigenvalue weighted by Crippen LogP contribution is -2.30. The first-order valence-electron chi connectivity index (χ1n) is 23.1. The largest absolute Gasteiger partial charge is 0.462 e. The highest BCUT2D eigenvalue weighted by molar-refractivity contribution is 5.71. The Hall–Kier alpha value is -3.41. The monoisotopic (exact) mass is 793 g/mol. The summed E-state index contributed by atoms with van der Waals surface area (Å²) < 4.78 is 16.6. The molecule has 0 bridgehead atoms. The van der Waals surface area contributed by atoms with Gasteiger partial charge in [0.05, 0.1) is 0 Å². The van der Waals surface area contributed by atoms with Crippen LogP contribution in [0.5, 0.6) is 0 Å². The molecule has 0 saturated heterocycles. The van der Waals surface area contributed by atoms with E-state index in [4.69, 9.17) is 14.2 Å². The van der Waals surface area contributed by atoms with Crippen molar-refractivity contribution in [3.63, 3.8) is 0 Å². The number of hydrogen-bond acceptors (Lipinski definition) is 6. The van der Waals surface area contributed by atoms with Crippen molar-refractivity contribution in [2.24, 2.45) is 0 Å². The molecule has 1 atom stereocenters. The maximum Gasteiger partial charge on any atom is 0.306 e. The predicted molar refractivity (Wildman–Crippen MR) is 242 cm³/mol. The number of carbonyl (C=O) groups is 3. The van der Waals surface area contributed by atoms with Crippen LogP contribution in [0.25, 0.3) is 0 Å². The highest BCUT2D eigenvalue weighted by atomic mass is 16.6. The Morgan fingerprint density at radius 2 is 0.702 bits per heavy atom. The number of esters is 3. The molecule has 0 aliphatic rings. The molecule has 0 N–H and O–H groups in total. The van der Waals surface area contributed by atoms with Gasteiger partial charge in [-0.25, -0.2) is 0 Å². The number of ether oxygens (including phenoxy) is 3. The average Bonchev–Trinajstić information content (AvgIpc) is 3.21. The van der Waals surface area contributed by atoms with Gasteiger partial charge in [0.1, 0.15) is 13.2 Å². The van der Waals surface area contributed by atoms with Gasteiger partial charge < -0.3 is 14.2 Å².